The monoisotopic (exact) mass is 222 g/mol. The molecule has 0 amide bonds. The minimum Gasteiger partial charge on any atom is -0.464 e. The number of azo groups is 1. The number of hydrogen-bond donors (Lipinski definition) is 0. The van der Waals surface area contributed by atoms with Crippen LogP contribution in [0.2, 0.25) is 0 Å². The molecule has 6 heteroatoms. The van der Waals surface area contributed by atoms with Crippen molar-refractivity contribution in [1.29, 1.82) is 0 Å². The van der Waals surface area contributed by atoms with Crippen molar-refractivity contribution < 1.29 is 19.1 Å². The van der Waals surface area contributed by atoms with E-state index in [4.69, 9.17) is 0 Å². The number of carbonyl (C=O) groups excluding carboxylic acids is 2. The Morgan fingerprint density at radius 1 is 0.938 bits per heavy atom. The summed E-state index contributed by atoms with van der Waals surface area (Å²) in [6.07, 6.45) is 5.96. The third kappa shape index (κ3) is 2.88. The molecule has 0 saturated carbocycles. The van der Waals surface area contributed by atoms with Gasteiger partial charge >= 0.3 is 11.9 Å². The van der Waals surface area contributed by atoms with E-state index in [0.717, 1.165) is 0 Å². The number of carbonyl (C=O) groups is 2. The summed E-state index contributed by atoms with van der Waals surface area (Å²) in [5.41, 5.74) is 0.0153. The molecule has 16 heavy (non-hydrogen) atoms. The van der Waals surface area contributed by atoms with Gasteiger partial charge in [0.25, 0.3) is 0 Å². The Balaban J connectivity index is 2.94. The molecule has 0 spiro atoms. The van der Waals surface area contributed by atoms with Crippen LogP contribution in [-0.2, 0) is 19.1 Å². The highest BCUT2D eigenvalue weighted by atomic mass is 16.5. The number of esters is 2. The molecule has 1 heterocycles. The van der Waals surface area contributed by atoms with Crippen LogP contribution < -0.4 is 0 Å². The van der Waals surface area contributed by atoms with Crippen LogP contribution in [0.25, 0.3) is 0 Å². The first-order valence-electron chi connectivity index (χ1n) is 4.36. The third-order valence-electron chi connectivity index (χ3n) is 1.67. The maximum Gasteiger partial charge on any atom is 0.358 e. The van der Waals surface area contributed by atoms with Crippen LogP contribution >= 0.6 is 0 Å². The summed E-state index contributed by atoms with van der Waals surface area (Å²) in [5, 5.41) is 7.19. The van der Waals surface area contributed by atoms with Crippen LogP contribution in [0.3, 0.4) is 0 Å². The molecule has 0 bridgehead atoms. The van der Waals surface area contributed by atoms with Gasteiger partial charge in [-0.15, -0.1) is 10.2 Å². The predicted molar refractivity (Wildman–Crippen MR) is 54.2 cm³/mol. The second-order valence-corrected chi connectivity index (χ2v) is 2.67. The van der Waals surface area contributed by atoms with Crippen molar-refractivity contribution in [2.75, 3.05) is 14.2 Å². The molecule has 0 unspecified atom stereocenters. The van der Waals surface area contributed by atoms with Crippen molar-refractivity contribution in [3.63, 3.8) is 0 Å². The normalized spacial score (nSPS) is 14.4. The smallest absolute Gasteiger partial charge is 0.358 e. The van der Waals surface area contributed by atoms with E-state index < -0.39 is 11.9 Å². The molecule has 1 aliphatic rings. The summed E-state index contributed by atoms with van der Waals surface area (Å²) in [7, 11) is 2.47. The van der Waals surface area contributed by atoms with Crippen LogP contribution in [0.4, 0.5) is 0 Å². The maximum absolute atomic E-state index is 11.2. The second-order valence-electron chi connectivity index (χ2n) is 2.67. The molecule has 0 fully saturated rings. The molecular weight excluding hydrogens is 212 g/mol. The van der Waals surface area contributed by atoms with Crippen LogP contribution in [0, 0.1) is 0 Å². The van der Waals surface area contributed by atoms with Crippen molar-refractivity contribution in [2.45, 2.75) is 0 Å². The molecule has 1 rings (SSSR count). The van der Waals surface area contributed by atoms with Gasteiger partial charge in [-0.2, -0.15) is 0 Å². The Bertz CT molecular complexity index is 381. The number of allylic oxidation sites excluding steroid dienone is 4. The Morgan fingerprint density at radius 3 is 1.62 bits per heavy atom. The zero-order valence-electron chi connectivity index (χ0n) is 8.84. The van der Waals surface area contributed by atoms with Crippen LogP contribution in [0.15, 0.2) is 45.9 Å². The summed E-state index contributed by atoms with van der Waals surface area (Å²) in [6, 6.07) is 0. The lowest BCUT2D eigenvalue weighted by atomic mass is 10.3. The first-order chi connectivity index (χ1) is 7.69. The van der Waals surface area contributed by atoms with Gasteiger partial charge in [0.1, 0.15) is 0 Å². The van der Waals surface area contributed by atoms with E-state index in [2.05, 4.69) is 19.7 Å². The van der Waals surface area contributed by atoms with E-state index in [9.17, 15) is 9.59 Å². The van der Waals surface area contributed by atoms with Crippen molar-refractivity contribution >= 4 is 11.9 Å². The van der Waals surface area contributed by atoms with Gasteiger partial charge in [0, 0.05) is 0 Å². The Kier molecular flexibility index (Phi) is 4.14. The molecule has 0 aromatic rings. The molecule has 0 N–H and O–H groups in total. The maximum atomic E-state index is 11.2. The number of ether oxygens (including phenoxy) is 2. The molecule has 0 saturated heterocycles. The van der Waals surface area contributed by atoms with Gasteiger partial charge in [-0.25, -0.2) is 9.59 Å². The molecule has 0 aromatic heterocycles. The highest BCUT2D eigenvalue weighted by Crippen LogP contribution is 2.09. The van der Waals surface area contributed by atoms with Gasteiger partial charge < -0.3 is 9.47 Å². The quantitative estimate of drug-likeness (QED) is 0.656. The van der Waals surface area contributed by atoms with Gasteiger partial charge in [-0.05, 0) is 12.2 Å². The number of nitrogens with zero attached hydrogens (tertiary/aromatic N) is 2. The zero-order valence-corrected chi connectivity index (χ0v) is 8.84. The van der Waals surface area contributed by atoms with Crippen molar-refractivity contribution in [2.24, 2.45) is 10.2 Å². The molecule has 0 aliphatic carbocycles. The molecule has 0 aromatic carbocycles. The minimum absolute atomic E-state index is 0.00764. The lowest BCUT2D eigenvalue weighted by Crippen LogP contribution is -2.05. The summed E-state index contributed by atoms with van der Waals surface area (Å²) < 4.78 is 8.96. The molecular formula is C10H10N2O4. The summed E-state index contributed by atoms with van der Waals surface area (Å²) in [4.78, 5) is 22.3. The highest BCUT2D eigenvalue weighted by molar-refractivity contribution is 5.90. The van der Waals surface area contributed by atoms with E-state index in [1.807, 2.05) is 0 Å². The predicted octanol–water partition coefficient (Wildman–Crippen LogP) is 1.12. The Labute approximate surface area is 91.9 Å². The minimum atomic E-state index is -0.625. The third-order valence-corrected chi connectivity index (χ3v) is 1.67. The second kappa shape index (κ2) is 5.59. The molecule has 0 atom stereocenters. The van der Waals surface area contributed by atoms with Crippen LogP contribution in [0.5, 0.6) is 0 Å². The largest absolute Gasteiger partial charge is 0.464 e. The molecule has 6 nitrogen and oxygen atoms in total. The van der Waals surface area contributed by atoms with Crippen molar-refractivity contribution in [1.82, 2.24) is 0 Å². The van der Waals surface area contributed by atoms with Gasteiger partial charge in [-0.1, -0.05) is 12.2 Å². The van der Waals surface area contributed by atoms with E-state index in [1.54, 1.807) is 12.2 Å². The van der Waals surface area contributed by atoms with Gasteiger partial charge in [0.05, 0.1) is 14.2 Å². The van der Waals surface area contributed by atoms with E-state index in [-0.39, 0.29) is 11.4 Å². The highest BCUT2D eigenvalue weighted by Gasteiger charge is 2.12. The standard InChI is InChI=1S/C10H10N2O4/c1-15-9(13)7-5-3-4-6-8(12-11-7)10(14)16-2/h3-6H,1-2H3. The van der Waals surface area contributed by atoms with Crippen molar-refractivity contribution in [3.8, 4) is 0 Å². The molecule has 0 radical (unpaired) electrons. The van der Waals surface area contributed by atoms with E-state index >= 15 is 0 Å². The Hall–Kier alpha value is -2.24. The first-order valence-corrected chi connectivity index (χ1v) is 4.36. The van der Waals surface area contributed by atoms with Crippen LogP contribution in [0.1, 0.15) is 0 Å². The average Bonchev–Trinajstić information content (AvgIpc) is 2.27. The number of hydrogen-bond acceptors (Lipinski definition) is 6. The van der Waals surface area contributed by atoms with Gasteiger partial charge in [-0.3, -0.25) is 0 Å². The summed E-state index contributed by atoms with van der Waals surface area (Å²) >= 11 is 0. The lowest BCUT2D eigenvalue weighted by molar-refractivity contribution is -0.137. The first kappa shape index (κ1) is 11.8. The summed E-state index contributed by atoms with van der Waals surface area (Å²) in [5.74, 6) is -1.25. The van der Waals surface area contributed by atoms with E-state index in [0.29, 0.717) is 0 Å². The van der Waals surface area contributed by atoms with Gasteiger partial charge in [0.2, 0.25) is 0 Å². The molecule has 84 valence electrons. The fraction of sp³-hybridized carbons (Fsp3) is 0.200. The topological polar surface area (TPSA) is 77.3 Å². The van der Waals surface area contributed by atoms with Crippen LogP contribution in [-0.4, -0.2) is 26.2 Å². The SMILES string of the molecule is COC(=O)C1=CC=CC=C(C(=O)OC)N=N1. The fourth-order valence-electron chi connectivity index (χ4n) is 0.895. The zero-order chi connectivity index (χ0) is 12.0. The van der Waals surface area contributed by atoms with Crippen molar-refractivity contribution in [3.05, 3.63) is 35.7 Å². The van der Waals surface area contributed by atoms with Gasteiger partial charge in [0.15, 0.2) is 11.4 Å². The average molecular weight is 222 g/mol. The van der Waals surface area contributed by atoms with E-state index in [1.165, 1.54) is 26.4 Å². The molecule has 1 aliphatic heterocycles. The Morgan fingerprint density at radius 2 is 1.31 bits per heavy atom. The lowest BCUT2D eigenvalue weighted by Gasteiger charge is -2.00. The summed E-state index contributed by atoms with van der Waals surface area (Å²) in [6.45, 7) is 0. The fourth-order valence-corrected chi connectivity index (χ4v) is 0.895. The number of methoxy groups -OCH3 is 2. The number of rotatable bonds is 2.